The second kappa shape index (κ2) is 11.6. The highest BCUT2D eigenvalue weighted by Crippen LogP contribution is 2.25. The summed E-state index contributed by atoms with van der Waals surface area (Å²) in [5, 5.41) is 12.8. The molecule has 2 heterocycles. The van der Waals surface area contributed by atoms with E-state index in [4.69, 9.17) is 0 Å². The third-order valence-corrected chi connectivity index (χ3v) is 5.70. The lowest BCUT2D eigenvalue weighted by atomic mass is 9.98. The van der Waals surface area contributed by atoms with Crippen LogP contribution in [-0.2, 0) is 6.54 Å². The molecular weight excluding hydrogens is 426 g/mol. The average molecular weight is 460 g/mol. The van der Waals surface area contributed by atoms with Gasteiger partial charge in [-0.15, -0.1) is 0 Å². The maximum Gasteiger partial charge on any atom is 0.253 e. The summed E-state index contributed by atoms with van der Waals surface area (Å²) in [7, 11) is 0. The maximum atomic E-state index is 13.1. The number of nitrogens with one attached hydrogen (secondary N) is 1. The number of aliphatic hydroxyl groups is 1. The number of rotatable bonds is 5. The molecule has 0 aliphatic carbocycles. The minimum absolute atomic E-state index is 0.174. The molecule has 1 fully saturated rings. The van der Waals surface area contributed by atoms with Crippen LogP contribution in [0.1, 0.15) is 57.8 Å². The quantitative estimate of drug-likeness (QED) is 0.587. The van der Waals surface area contributed by atoms with E-state index >= 15 is 0 Å². The molecule has 0 bridgehead atoms. The van der Waals surface area contributed by atoms with Gasteiger partial charge in [-0.05, 0) is 61.2 Å². The summed E-state index contributed by atoms with van der Waals surface area (Å²) < 4.78 is 0. The van der Waals surface area contributed by atoms with Crippen LogP contribution >= 0.6 is 0 Å². The summed E-state index contributed by atoms with van der Waals surface area (Å²) in [5.74, 6) is -0.428. The van der Waals surface area contributed by atoms with E-state index in [1.54, 1.807) is 17.2 Å². The highest BCUT2D eigenvalue weighted by atomic mass is 16.3. The molecular formula is C28H33N3O3. The number of amides is 2. The van der Waals surface area contributed by atoms with Gasteiger partial charge in [0.2, 0.25) is 0 Å². The largest absolute Gasteiger partial charge is 0.391 e. The van der Waals surface area contributed by atoms with Crippen LogP contribution in [0.4, 0.5) is 0 Å². The van der Waals surface area contributed by atoms with E-state index in [0.29, 0.717) is 37.2 Å². The van der Waals surface area contributed by atoms with Gasteiger partial charge in [-0.1, -0.05) is 49.7 Å². The topological polar surface area (TPSA) is 82.5 Å². The molecule has 3 aromatic rings. The second-order valence-electron chi connectivity index (χ2n) is 8.35. The Morgan fingerprint density at radius 2 is 1.71 bits per heavy atom. The van der Waals surface area contributed by atoms with Gasteiger partial charge in [0.1, 0.15) is 0 Å². The van der Waals surface area contributed by atoms with Crippen molar-refractivity contribution in [2.45, 2.75) is 46.8 Å². The summed E-state index contributed by atoms with van der Waals surface area (Å²) in [6.45, 7) is 9.10. The molecule has 0 spiro atoms. The van der Waals surface area contributed by atoms with Crippen molar-refractivity contribution in [1.29, 1.82) is 0 Å². The van der Waals surface area contributed by atoms with Crippen molar-refractivity contribution in [2.24, 2.45) is 0 Å². The first-order chi connectivity index (χ1) is 16.4. The molecule has 34 heavy (non-hydrogen) atoms. The third kappa shape index (κ3) is 6.29. The summed E-state index contributed by atoms with van der Waals surface area (Å²) in [6, 6.07) is 17.1. The fourth-order valence-corrected chi connectivity index (χ4v) is 3.79. The van der Waals surface area contributed by atoms with Crippen molar-refractivity contribution in [1.82, 2.24) is 15.2 Å². The number of pyridine rings is 1. The molecule has 2 N–H and O–H groups in total. The van der Waals surface area contributed by atoms with Gasteiger partial charge in [0, 0.05) is 42.7 Å². The Balaban J connectivity index is 0.00000158. The Bertz CT molecular complexity index is 1120. The van der Waals surface area contributed by atoms with Crippen molar-refractivity contribution >= 4 is 11.8 Å². The van der Waals surface area contributed by atoms with Crippen molar-refractivity contribution in [3.8, 4) is 11.1 Å². The molecule has 6 nitrogen and oxygen atoms in total. The van der Waals surface area contributed by atoms with Crippen LogP contribution in [0.3, 0.4) is 0 Å². The SMILES string of the molecule is CC.Cc1ccc(-c2cc(C(=O)NCc3ccc(C)nc3)cc(C(=O)N3CCC(O)C3)c2)cc1. The first kappa shape index (κ1) is 25.1. The number of carbonyl (C=O) groups excluding carboxylic acids is 2. The molecule has 1 aromatic heterocycles. The van der Waals surface area contributed by atoms with Crippen molar-refractivity contribution in [3.63, 3.8) is 0 Å². The van der Waals surface area contributed by atoms with E-state index in [2.05, 4.69) is 10.3 Å². The van der Waals surface area contributed by atoms with E-state index in [9.17, 15) is 14.7 Å². The predicted octanol–water partition coefficient (Wildman–Crippen LogP) is 4.53. The zero-order valence-corrected chi connectivity index (χ0v) is 20.3. The van der Waals surface area contributed by atoms with E-state index in [1.807, 2.05) is 76.2 Å². The molecule has 1 aliphatic heterocycles. The normalized spacial score (nSPS) is 14.9. The van der Waals surface area contributed by atoms with Gasteiger partial charge in [-0.3, -0.25) is 14.6 Å². The highest BCUT2D eigenvalue weighted by Gasteiger charge is 2.26. The first-order valence-corrected chi connectivity index (χ1v) is 11.8. The second-order valence-corrected chi connectivity index (χ2v) is 8.35. The minimum atomic E-state index is -0.495. The van der Waals surface area contributed by atoms with Gasteiger partial charge < -0.3 is 15.3 Å². The molecule has 4 rings (SSSR count). The van der Waals surface area contributed by atoms with Gasteiger partial charge in [-0.2, -0.15) is 0 Å². The molecule has 178 valence electrons. The van der Waals surface area contributed by atoms with Crippen LogP contribution in [-0.4, -0.2) is 46.0 Å². The lowest BCUT2D eigenvalue weighted by Gasteiger charge is -2.17. The van der Waals surface area contributed by atoms with Gasteiger partial charge in [-0.25, -0.2) is 0 Å². The van der Waals surface area contributed by atoms with Crippen LogP contribution in [0.5, 0.6) is 0 Å². The average Bonchev–Trinajstić information content (AvgIpc) is 3.30. The summed E-state index contributed by atoms with van der Waals surface area (Å²) >= 11 is 0. The van der Waals surface area contributed by atoms with Crippen LogP contribution < -0.4 is 5.32 Å². The number of carbonyl (C=O) groups is 2. The summed E-state index contributed by atoms with van der Waals surface area (Å²) in [6.07, 6.45) is 1.82. The Morgan fingerprint density at radius 3 is 2.32 bits per heavy atom. The van der Waals surface area contributed by atoms with Crippen molar-refractivity contribution in [2.75, 3.05) is 13.1 Å². The number of hydrogen-bond acceptors (Lipinski definition) is 4. The molecule has 2 aromatic carbocycles. The number of likely N-dealkylation sites (tertiary alicyclic amines) is 1. The number of aryl methyl sites for hydroxylation is 2. The van der Waals surface area contributed by atoms with Crippen LogP contribution in [0, 0.1) is 13.8 Å². The van der Waals surface area contributed by atoms with Gasteiger partial charge in [0.25, 0.3) is 11.8 Å². The molecule has 6 heteroatoms. The number of hydrogen-bond donors (Lipinski definition) is 2. The zero-order chi connectivity index (χ0) is 24.7. The Kier molecular flexibility index (Phi) is 8.55. The van der Waals surface area contributed by atoms with E-state index in [-0.39, 0.29) is 11.8 Å². The number of aromatic nitrogens is 1. The number of nitrogens with zero attached hydrogens (tertiary/aromatic N) is 2. The Hall–Kier alpha value is -3.51. The number of benzene rings is 2. The minimum Gasteiger partial charge on any atom is -0.391 e. The molecule has 0 radical (unpaired) electrons. The fraction of sp³-hybridized carbons (Fsp3) is 0.321. The molecule has 2 amide bonds. The first-order valence-electron chi connectivity index (χ1n) is 11.8. The zero-order valence-electron chi connectivity index (χ0n) is 20.3. The van der Waals surface area contributed by atoms with Crippen molar-refractivity contribution < 1.29 is 14.7 Å². The van der Waals surface area contributed by atoms with Crippen LogP contribution in [0.2, 0.25) is 0 Å². The molecule has 1 saturated heterocycles. The van der Waals surface area contributed by atoms with E-state index < -0.39 is 6.10 Å². The maximum absolute atomic E-state index is 13.1. The molecule has 0 saturated carbocycles. The van der Waals surface area contributed by atoms with Gasteiger partial charge >= 0.3 is 0 Å². The van der Waals surface area contributed by atoms with E-state index in [1.165, 1.54) is 0 Å². The molecule has 1 aliphatic rings. The lowest BCUT2D eigenvalue weighted by molar-refractivity contribution is 0.0765. The summed E-state index contributed by atoms with van der Waals surface area (Å²) in [4.78, 5) is 32.0. The monoisotopic (exact) mass is 459 g/mol. The van der Waals surface area contributed by atoms with E-state index in [0.717, 1.165) is 27.9 Å². The fourth-order valence-electron chi connectivity index (χ4n) is 3.79. The number of β-amino-alcohol motifs (C(OH)–C–C–N with tert-alkyl or cyclic N) is 1. The summed E-state index contributed by atoms with van der Waals surface area (Å²) in [5.41, 5.74) is 5.56. The van der Waals surface area contributed by atoms with Crippen LogP contribution in [0.15, 0.2) is 60.8 Å². The van der Waals surface area contributed by atoms with Crippen molar-refractivity contribution in [3.05, 3.63) is 88.7 Å². The number of aliphatic hydroxyl groups excluding tert-OH is 1. The highest BCUT2D eigenvalue weighted by molar-refractivity contribution is 6.01. The van der Waals surface area contributed by atoms with Gasteiger partial charge in [0.05, 0.1) is 6.10 Å². The molecule has 1 unspecified atom stereocenters. The van der Waals surface area contributed by atoms with Crippen LogP contribution in [0.25, 0.3) is 11.1 Å². The Morgan fingerprint density at radius 1 is 1.00 bits per heavy atom. The predicted molar refractivity (Wildman–Crippen MR) is 135 cm³/mol. The molecule has 1 atom stereocenters. The smallest absolute Gasteiger partial charge is 0.253 e. The van der Waals surface area contributed by atoms with Gasteiger partial charge in [0.15, 0.2) is 0 Å². The Labute approximate surface area is 201 Å². The third-order valence-electron chi connectivity index (χ3n) is 5.70. The lowest BCUT2D eigenvalue weighted by Crippen LogP contribution is -2.30. The standard InChI is InChI=1S/C26H27N3O3.C2H6/c1-17-3-7-20(8-4-17)21-11-22(25(31)28-15-19-6-5-18(2)27-14-19)13-23(12-21)26(32)29-10-9-24(30)16-29;1-2/h3-8,11-14,24,30H,9-10,15-16H2,1-2H3,(H,28,31);1-2H3.